The average Bonchev–Trinajstić information content (AvgIpc) is 2.18. The van der Waals surface area contributed by atoms with Gasteiger partial charge in [-0.15, -0.1) is 0 Å². The van der Waals surface area contributed by atoms with Crippen molar-refractivity contribution >= 4 is 0 Å². The van der Waals surface area contributed by atoms with Crippen LogP contribution in [0.5, 0.6) is 0 Å². The molecule has 1 heterocycles. The van der Waals surface area contributed by atoms with Crippen molar-refractivity contribution in [1.82, 2.24) is 0 Å². The number of aliphatic hydroxyl groups is 1. The molecule has 1 saturated carbocycles. The number of rotatable bonds is 3. The van der Waals surface area contributed by atoms with Gasteiger partial charge in [-0.1, -0.05) is 6.42 Å². The molecule has 0 radical (unpaired) electrons. The fourth-order valence-electron chi connectivity index (χ4n) is 2.80. The standard InChI is InChI=1S/C11H21NO2/c12-10(9-2-6-14-7-3-9)11(8-13)4-1-5-11/h9-10,13H,1-8,12H2. The molecule has 0 bridgehead atoms. The molecule has 0 aromatic heterocycles. The van der Waals surface area contributed by atoms with E-state index in [0.29, 0.717) is 5.92 Å². The van der Waals surface area contributed by atoms with Crippen LogP contribution in [0.3, 0.4) is 0 Å². The van der Waals surface area contributed by atoms with Gasteiger partial charge in [0.15, 0.2) is 0 Å². The molecular formula is C11H21NO2. The predicted molar refractivity (Wildman–Crippen MR) is 54.9 cm³/mol. The lowest BCUT2D eigenvalue weighted by Gasteiger charge is -2.48. The smallest absolute Gasteiger partial charge is 0.0502 e. The number of ether oxygens (including phenoxy) is 1. The first-order chi connectivity index (χ1) is 6.78. The Morgan fingerprint density at radius 1 is 1.36 bits per heavy atom. The summed E-state index contributed by atoms with van der Waals surface area (Å²) >= 11 is 0. The molecule has 82 valence electrons. The van der Waals surface area contributed by atoms with Gasteiger partial charge in [0, 0.05) is 24.7 Å². The summed E-state index contributed by atoms with van der Waals surface area (Å²) in [5.74, 6) is 0.566. The van der Waals surface area contributed by atoms with E-state index in [1.165, 1.54) is 6.42 Å². The molecule has 3 N–H and O–H groups in total. The van der Waals surface area contributed by atoms with Gasteiger partial charge in [-0.3, -0.25) is 0 Å². The minimum absolute atomic E-state index is 0.0575. The third kappa shape index (κ3) is 1.69. The van der Waals surface area contributed by atoms with Crippen LogP contribution < -0.4 is 5.73 Å². The molecule has 1 aliphatic heterocycles. The van der Waals surface area contributed by atoms with E-state index in [0.717, 1.165) is 38.9 Å². The van der Waals surface area contributed by atoms with E-state index < -0.39 is 0 Å². The van der Waals surface area contributed by atoms with E-state index in [1.54, 1.807) is 0 Å². The zero-order valence-electron chi connectivity index (χ0n) is 8.74. The summed E-state index contributed by atoms with van der Waals surface area (Å²) in [6.45, 7) is 1.96. The van der Waals surface area contributed by atoms with Gasteiger partial charge in [-0.25, -0.2) is 0 Å². The molecule has 1 atom stereocenters. The summed E-state index contributed by atoms with van der Waals surface area (Å²) in [6, 6.07) is 0.185. The average molecular weight is 199 g/mol. The Kier molecular flexibility index (Phi) is 3.10. The van der Waals surface area contributed by atoms with E-state index in [9.17, 15) is 5.11 Å². The van der Waals surface area contributed by atoms with Crippen molar-refractivity contribution in [1.29, 1.82) is 0 Å². The van der Waals surface area contributed by atoms with Gasteiger partial charge in [0.25, 0.3) is 0 Å². The van der Waals surface area contributed by atoms with E-state index in [2.05, 4.69) is 0 Å². The van der Waals surface area contributed by atoms with Crippen molar-refractivity contribution in [2.45, 2.75) is 38.1 Å². The third-order valence-corrected chi connectivity index (χ3v) is 4.15. The van der Waals surface area contributed by atoms with Crippen molar-refractivity contribution < 1.29 is 9.84 Å². The summed E-state index contributed by atoms with van der Waals surface area (Å²) in [4.78, 5) is 0. The molecule has 1 aliphatic carbocycles. The quantitative estimate of drug-likeness (QED) is 0.710. The molecule has 2 aliphatic rings. The SMILES string of the molecule is NC(C1CCOCC1)C1(CO)CCC1. The maximum atomic E-state index is 9.43. The highest BCUT2D eigenvalue weighted by molar-refractivity contribution is 4.98. The predicted octanol–water partition coefficient (Wildman–Crippen LogP) is 0.903. The molecular weight excluding hydrogens is 178 g/mol. The normalized spacial score (nSPS) is 29.6. The second kappa shape index (κ2) is 4.17. The van der Waals surface area contributed by atoms with Crippen LogP contribution in [0, 0.1) is 11.3 Å². The Morgan fingerprint density at radius 3 is 2.43 bits per heavy atom. The fourth-order valence-corrected chi connectivity index (χ4v) is 2.80. The van der Waals surface area contributed by atoms with Gasteiger partial charge in [0.2, 0.25) is 0 Å². The van der Waals surface area contributed by atoms with Crippen molar-refractivity contribution in [2.75, 3.05) is 19.8 Å². The zero-order valence-corrected chi connectivity index (χ0v) is 8.74. The lowest BCUT2D eigenvalue weighted by atomic mass is 9.61. The van der Waals surface area contributed by atoms with Crippen LogP contribution in [0.1, 0.15) is 32.1 Å². The van der Waals surface area contributed by atoms with Crippen molar-refractivity contribution in [3.05, 3.63) is 0 Å². The van der Waals surface area contributed by atoms with Gasteiger partial charge in [-0.05, 0) is 31.6 Å². The van der Waals surface area contributed by atoms with Gasteiger partial charge in [0.1, 0.15) is 0 Å². The van der Waals surface area contributed by atoms with Gasteiger partial charge < -0.3 is 15.6 Å². The molecule has 1 saturated heterocycles. The van der Waals surface area contributed by atoms with Crippen molar-refractivity contribution in [3.8, 4) is 0 Å². The summed E-state index contributed by atoms with van der Waals surface area (Å²) in [6.07, 6.45) is 5.60. The Hall–Kier alpha value is -0.120. The summed E-state index contributed by atoms with van der Waals surface area (Å²) < 4.78 is 5.33. The summed E-state index contributed by atoms with van der Waals surface area (Å²) in [5, 5.41) is 9.43. The van der Waals surface area contributed by atoms with E-state index in [1.807, 2.05) is 0 Å². The molecule has 1 unspecified atom stereocenters. The second-order valence-corrected chi connectivity index (χ2v) is 4.85. The van der Waals surface area contributed by atoms with Crippen LogP contribution in [0.15, 0.2) is 0 Å². The van der Waals surface area contributed by atoms with Crippen LogP contribution >= 0.6 is 0 Å². The first-order valence-electron chi connectivity index (χ1n) is 5.73. The first kappa shape index (κ1) is 10.4. The molecule has 0 aromatic rings. The van der Waals surface area contributed by atoms with Gasteiger partial charge in [-0.2, -0.15) is 0 Å². The highest BCUT2D eigenvalue weighted by atomic mass is 16.5. The maximum absolute atomic E-state index is 9.43. The van der Waals surface area contributed by atoms with Gasteiger partial charge in [0.05, 0.1) is 6.61 Å². The minimum atomic E-state index is 0.0575. The maximum Gasteiger partial charge on any atom is 0.0502 e. The topological polar surface area (TPSA) is 55.5 Å². The highest BCUT2D eigenvalue weighted by Crippen LogP contribution is 2.46. The van der Waals surface area contributed by atoms with Crippen LogP contribution in [0.2, 0.25) is 0 Å². The number of nitrogens with two attached hydrogens (primary N) is 1. The molecule has 0 amide bonds. The van der Waals surface area contributed by atoms with E-state index >= 15 is 0 Å². The zero-order chi connectivity index (χ0) is 10.0. The van der Waals surface area contributed by atoms with Crippen LogP contribution in [0.4, 0.5) is 0 Å². The van der Waals surface area contributed by atoms with Crippen LogP contribution in [-0.2, 0) is 4.74 Å². The number of hydrogen-bond acceptors (Lipinski definition) is 3. The monoisotopic (exact) mass is 199 g/mol. The van der Waals surface area contributed by atoms with Crippen molar-refractivity contribution in [2.24, 2.45) is 17.1 Å². The Bertz CT molecular complexity index is 180. The Morgan fingerprint density at radius 2 is 2.00 bits per heavy atom. The van der Waals surface area contributed by atoms with Crippen LogP contribution in [-0.4, -0.2) is 31.0 Å². The molecule has 0 aromatic carbocycles. The lowest BCUT2D eigenvalue weighted by molar-refractivity contribution is -0.0272. The molecule has 2 rings (SSSR count). The molecule has 3 nitrogen and oxygen atoms in total. The van der Waals surface area contributed by atoms with E-state index in [-0.39, 0.29) is 18.1 Å². The van der Waals surface area contributed by atoms with E-state index in [4.69, 9.17) is 10.5 Å². The first-order valence-corrected chi connectivity index (χ1v) is 5.73. The summed E-state index contributed by atoms with van der Waals surface area (Å²) in [7, 11) is 0. The third-order valence-electron chi connectivity index (χ3n) is 4.15. The molecule has 14 heavy (non-hydrogen) atoms. The van der Waals surface area contributed by atoms with Crippen LogP contribution in [0.25, 0.3) is 0 Å². The molecule has 0 spiro atoms. The largest absolute Gasteiger partial charge is 0.396 e. The van der Waals surface area contributed by atoms with Gasteiger partial charge >= 0.3 is 0 Å². The van der Waals surface area contributed by atoms with Crippen molar-refractivity contribution in [3.63, 3.8) is 0 Å². The Balaban J connectivity index is 1.94. The molecule has 3 heteroatoms. The second-order valence-electron chi connectivity index (χ2n) is 4.85. The highest BCUT2D eigenvalue weighted by Gasteiger charge is 2.44. The number of hydrogen-bond donors (Lipinski definition) is 2. The fraction of sp³-hybridized carbons (Fsp3) is 1.00. The Labute approximate surface area is 85.6 Å². The minimum Gasteiger partial charge on any atom is -0.396 e. The number of aliphatic hydroxyl groups excluding tert-OH is 1. The molecule has 2 fully saturated rings. The lowest BCUT2D eigenvalue weighted by Crippen LogP contribution is -2.54. The summed E-state index contributed by atoms with van der Waals surface area (Å²) in [5.41, 5.74) is 6.34.